The van der Waals surface area contributed by atoms with E-state index >= 15 is 0 Å². The molecule has 6 nitrogen and oxygen atoms in total. The van der Waals surface area contributed by atoms with Crippen LogP contribution in [-0.2, 0) is 0 Å². The highest BCUT2D eigenvalue weighted by Gasteiger charge is 2.21. The highest BCUT2D eigenvalue weighted by Crippen LogP contribution is 2.23. The first-order valence-corrected chi connectivity index (χ1v) is 8.87. The third-order valence-corrected chi connectivity index (χ3v) is 4.94. The van der Waals surface area contributed by atoms with Crippen LogP contribution in [0.25, 0.3) is 0 Å². The van der Waals surface area contributed by atoms with Crippen LogP contribution in [0.15, 0.2) is 30.5 Å². The summed E-state index contributed by atoms with van der Waals surface area (Å²) in [4.78, 5) is 11.6. The molecular formula is C17H21ClN6. The molecule has 2 aliphatic heterocycles. The van der Waals surface area contributed by atoms with Gasteiger partial charge in [-0.1, -0.05) is 17.7 Å². The summed E-state index contributed by atoms with van der Waals surface area (Å²) in [6.07, 6.45) is 4.24. The Morgan fingerprint density at radius 3 is 2.38 bits per heavy atom. The average Bonchev–Trinajstić information content (AvgIpc) is 3.17. The van der Waals surface area contributed by atoms with E-state index in [1.54, 1.807) is 6.20 Å². The Morgan fingerprint density at radius 2 is 1.62 bits per heavy atom. The van der Waals surface area contributed by atoms with Gasteiger partial charge in [0, 0.05) is 50.0 Å². The summed E-state index contributed by atoms with van der Waals surface area (Å²) in [6.45, 7) is 5.77. The lowest BCUT2D eigenvalue weighted by Crippen LogP contribution is -2.47. The zero-order valence-electron chi connectivity index (χ0n) is 13.6. The molecule has 24 heavy (non-hydrogen) atoms. The van der Waals surface area contributed by atoms with Crippen LogP contribution < -0.4 is 14.7 Å². The number of hydrogen-bond donors (Lipinski definition) is 0. The minimum atomic E-state index is 0.741. The zero-order chi connectivity index (χ0) is 16.4. The minimum Gasteiger partial charge on any atom is -0.368 e. The van der Waals surface area contributed by atoms with Crippen LogP contribution in [0.2, 0.25) is 5.02 Å². The Bertz CT molecular complexity index is 695. The molecule has 0 saturated carbocycles. The quantitative estimate of drug-likeness (QED) is 0.852. The van der Waals surface area contributed by atoms with Gasteiger partial charge in [0.15, 0.2) is 5.82 Å². The van der Waals surface area contributed by atoms with Crippen LogP contribution in [0.4, 0.5) is 17.5 Å². The normalized spacial score (nSPS) is 18.3. The van der Waals surface area contributed by atoms with Gasteiger partial charge in [-0.2, -0.15) is 10.1 Å². The van der Waals surface area contributed by atoms with Crippen molar-refractivity contribution >= 4 is 29.1 Å². The van der Waals surface area contributed by atoms with Crippen LogP contribution in [0.5, 0.6) is 0 Å². The van der Waals surface area contributed by atoms with Gasteiger partial charge < -0.3 is 14.7 Å². The van der Waals surface area contributed by atoms with Gasteiger partial charge in [-0.3, -0.25) is 0 Å². The van der Waals surface area contributed by atoms with Crippen molar-refractivity contribution in [2.75, 3.05) is 54.0 Å². The molecule has 2 aliphatic rings. The predicted octanol–water partition coefficient (Wildman–Crippen LogP) is 2.45. The molecule has 0 spiro atoms. The van der Waals surface area contributed by atoms with Crippen molar-refractivity contribution in [3.8, 4) is 0 Å². The van der Waals surface area contributed by atoms with Gasteiger partial charge in [0.1, 0.15) is 0 Å². The summed E-state index contributed by atoms with van der Waals surface area (Å²) >= 11 is 6.10. The third-order valence-electron chi connectivity index (χ3n) is 4.70. The van der Waals surface area contributed by atoms with E-state index in [1.807, 2.05) is 18.2 Å². The highest BCUT2D eigenvalue weighted by atomic mass is 35.5. The molecule has 0 unspecified atom stereocenters. The van der Waals surface area contributed by atoms with Crippen molar-refractivity contribution in [1.29, 1.82) is 0 Å². The number of hydrogen-bond acceptors (Lipinski definition) is 6. The smallest absolute Gasteiger partial charge is 0.247 e. The SMILES string of the molecule is Clc1cccc(N2CCN(c3nncc(N4CCCC4)n3)CC2)c1. The Labute approximate surface area is 147 Å². The Kier molecular flexibility index (Phi) is 4.38. The van der Waals surface area contributed by atoms with Crippen LogP contribution in [0.1, 0.15) is 12.8 Å². The molecule has 7 heteroatoms. The lowest BCUT2D eigenvalue weighted by molar-refractivity contribution is 0.634. The fraction of sp³-hybridized carbons (Fsp3) is 0.471. The van der Waals surface area contributed by atoms with Crippen molar-refractivity contribution < 1.29 is 0 Å². The van der Waals surface area contributed by atoms with E-state index in [2.05, 4.69) is 31.0 Å². The van der Waals surface area contributed by atoms with E-state index < -0.39 is 0 Å². The van der Waals surface area contributed by atoms with E-state index in [0.29, 0.717) is 0 Å². The van der Waals surface area contributed by atoms with Crippen molar-refractivity contribution in [3.63, 3.8) is 0 Å². The average molecular weight is 345 g/mol. The van der Waals surface area contributed by atoms with Crippen LogP contribution in [0, 0.1) is 0 Å². The molecule has 0 aliphatic carbocycles. The monoisotopic (exact) mass is 344 g/mol. The Balaban J connectivity index is 1.43. The second kappa shape index (κ2) is 6.81. The molecule has 2 aromatic rings. The fourth-order valence-corrected chi connectivity index (χ4v) is 3.54. The Hall–Kier alpha value is -2.08. The largest absolute Gasteiger partial charge is 0.368 e. The molecule has 0 N–H and O–H groups in total. The second-order valence-corrected chi connectivity index (χ2v) is 6.70. The molecule has 1 aromatic carbocycles. The van der Waals surface area contributed by atoms with Crippen LogP contribution in [-0.4, -0.2) is 54.4 Å². The number of benzene rings is 1. The lowest BCUT2D eigenvalue weighted by Gasteiger charge is -2.36. The molecule has 0 bridgehead atoms. The number of anilines is 3. The number of piperazine rings is 1. The van der Waals surface area contributed by atoms with Gasteiger partial charge in [-0.25, -0.2) is 0 Å². The molecule has 1 aromatic heterocycles. The molecule has 4 rings (SSSR count). The molecule has 3 heterocycles. The molecule has 126 valence electrons. The van der Waals surface area contributed by atoms with Gasteiger partial charge in [0.05, 0.1) is 6.20 Å². The summed E-state index contributed by atoms with van der Waals surface area (Å²) in [5.41, 5.74) is 1.17. The maximum atomic E-state index is 6.10. The molecule has 0 atom stereocenters. The number of halogens is 1. The molecule has 0 radical (unpaired) electrons. The highest BCUT2D eigenvalue weighted by molar-refractivity contribution is 6.30. The summed E-state index contributed by atoms with van der Waals surface area (Å²) in [5.74, 6) is 1.69. The van der Waals surface area contributed by atoms with E-state index in [-0.39, 0.29) is 0 Å². The van der Waals surface area contributed by atoms with Crippen LogP contribution >= 0.6 is 11.6 Å². The summed E-state index contributed by atoms with van der Waals surface area (Å²) in [5, 5.41) is 9.19. The summed E-state index contributed by atoms with van der Waals surface area (Å²) in [7, 11) is 0. The maximum absolute atomic E-state index is 6.10. The predicted molar refractivity (Wildman–Crippen MR) is 97.2 cm³/mol. The number of nitrogens with zero attached hydrogens (tertiary/aromatic N) is 6. The summed E-state index contributed by atoms with van der Waals surface area (Å²) in [6, 6.07) is 8.03. The molecular weight excluding hydrogens is 324 g/mol. The van der Waals surface area contributed by atoms with Crippen LogP contribution in [0.3, 0.4) is 0 Å². The van der Waals surface area contributed by atoms with Gasteiger partial charge in [0.25, 0.3) is 0 Å². The summed E-state index contributed by atoms with van der Waals surface area (Å²) < 4.78 is 0. The van der Waals surface area contributed by atoms with Gasteiger partial charge in [0.2, 0.25) is 5.95 Å². The first kappa shape index (κ1) is 15.4. The van der Waals surface area contributed by atoms with Crippen molar-refractivity contribution in [2.24, 2.45) is 0 Å². The van der Waals surface area contributed by atoms with Crippen molar-refractivity contribution in [1.82, 2.24) is 15.2 Å². The van der Waals surface area contributed by atoms with Crippen molar-refractivity contribution in [2.45, 2.75) is 12.8 Å². The van der Waals surface area contributed by atoms with Gasteiger partial charge in [-0.15, -0.1) is 5.10 Å². The fourth-order valence-electron chi connectivity index (χ4n) is 3.36. The number of rotatable bonds is 3. The minimum absolute atomic E-state index is 0.741. The molecule has 2 fully saturated rings. The van der Waals surface area contributed by atoms with Gasteiger partial charge in [-0.05, 0) is 31.0 Å². The third kappa shape index (κ3) is 3.24. The van der Waals surface area contributed by atoms with E-state index in [9.17, 15) is 0 Å². The lowest BCUT2D eigenvalue weighted by atomic mass is 10.2. The first-order chi connectivity index (χ1) is 11.8. The zero-order valence-corrected chi connectivity index (χ0v) is 14.4. The van der Waals surface area contributed by atoms with E-state index in [1.165, 1.54) is 18.5 Å². The topological polar surface area (TPSA) is 48.4 Å². The van der Waals surface area contributed by atoms with Crippen molar-refractivity contribution in [3.05, 3.63) is 35.5 Å². The van der Waals surface area contributed by atoms with E-state index in [0.717, 1.165) is 56.1 Å². The molecule has 2 saturated heterocycles. The molecule has 0 amide bonds. The first-order valence-electron chi connectivity index (χ1n) is 8.50. The maximum Gasteiger partial charge on any atom is 0.247 e. The van der Waals surface area contributed by atoms with E-state index in [4.69, 9.17) is 16.6 Å². The Morgan fingerprint density at radius 1 is 0.875 bits per heavy atom. The standard InChI is InChI=1S/C17H21ClN6/c18-14-4-3-5-15(12-14)22-8-10-24(11-9-22)17-20-16(13-19-21-17)23-6-1-2-7-23/h3-5,12-13H,1-2,6-11H2. The second-order valence-electron chi connectivity index (χ2n) is 6.26. The number of aromatic nitrogens is 3. The van der Waals surface area contributed by atoms with Gasteiger partial charge >= 0.3 is 0 Å².